The molecule has 0 aromatic carbocycles. The summed E-state index contributed by atoms with van der Waals surface area (Å²) < 4.78 is 5.35. The zero-order valence-corrected chi connectivity index (χ0v) is 13.9. The van der Waals surface area contributed by atoms with Crippen LogP contribution in [0.4, 0.5) is 0 Å². The number of hydrogen-bond acceptors (Lipinski definition) is 4. The Morgan fingerprint density at radius 3 is 2.96 bits per heavy atom. The van der Waals surface area contributed by atoms with Gasteiger partial charge < -0.3 is 5.32 Å². The normalized spacial score (nSPS) is 17.7. The number of pyridine rings is 2. The SMILES string of the molecule is Cn1c(=O)n([C@H]2CCNC2)c2nc(-c3cnn4ccccc34)ccc21. The third-order valence-corrected chi connectivity index (χ3v) is 5.04. The molecule has 1 fully saturated rings. The van der Waals surface area contributed by atoms with E-state index < -0.39 is 0 Å². The number of nitrogens with one attached hydrogen (secondary N) is 1. The summed E-state index contributed by atoms with van der Waals surface area (Å²) in [5, 5.41) is 7.72. The summed E-state index contributed by atoms with van der Waals surface area (Å²) in [6.07, 6.45) is 4.69. The topological polar surface area (TPSA) is 69.2 Å². The Morgan fingerprint density at radius 2 is 2.12 bits per heavy atom. The maximum Gasteiger partial charge on any atom is 0.330 e. The van der Waals surface area contributed by atoms with Crippen molar-refractivity contribution < 1.29 is 0 Å². The van der Waals surface area contributed by atoms with Crippen LogP contribution in [0.2, 0.25) is 0 Å². The van der Waals surface area contributed by atoms with Crippen LogP contribution in [0.15, 0.2) is 47.5 Å². The van der Waals surface area contributed by atoms with Crippen molar-refractivity contribution in [3.63, 3.8) is 0 Å². The molecule has 1 atom stereocenters. The summed E-state index contributed by atoms with van der Waals surface area (Å²) in [6, 6.07) is 10.0. The van der Waals surface area contributed by atoms with Crippen molar-refractivity contribution >= 4 is 16.7 Å². The van der Waals surface area contributed by atoms with Crippen LogP contribution in [0.25, 0.3) is 27.9 Å². The van der Waals surface area contributed by atoms with E-state index in [0.29, 0.717) is 0 Å². The molecule has 0 radical (unpaired) electrons. The molecule has 0 saturated carbocycles. The van der Waals surface area contributed by atoms with Gasteiger partial charge in [0, 0.05) is 25.4 Å². The van der Waals surface area contributed by atoms with Gasteiger partial charge in [-0.15, -0.1) is 0 Å². The average molecular weight is 334 g/mol. The molecule has 126 valence electrons. The van der Waals surface area contributed by atoms with Gasteiger partial charge in [0.25, 0.3) is 0 Å². The van der Waals surface area contributed by atoms with Crippen molar-refractivity contribution in [2.24, 2.45) is 7.05 Å². The van der Waals surface area contributed by atoms with E-state index in [9.17, 15) is 4.79 Å². The van der Waals surface area contributed by atoms with E-state index in [4.69, 9.17) is 4.98 Å². The fraction of sp³-hybridized carbons (Fsp3) is 0.278. The summed E-state index contributed by atoms with van der Waals surface area (Å²) in [4.78, 5) is 17.6. The van der Waals surface area contributed by atoms with Crippen molar-refractivity contribution in [3.05, 3.63) is 53.2 Å². The lowest BCUT2D eigenvalue weighted by Gasteiger charge is -2.10. The molecule has 7 nitrogen and oxygen atoms in total. The highest BCUT2D eigenvalue weighted by atomic mass is 16.1. The lowest BCUT2D eigenvalue weighted by Crippen LogP contribution is -2.27. The number of hydrogen-bond donors (Lipinski definition) is 1. The number of fused-ring (bicyclic) bond motifs is 2. The second kappa shape index (κ2) is 5.29. The van der Waals surface area contributed by atoms with E-state index in [2.05, 4.69) is 10.4 Å². The van der Waals surface area contributed by atoms with Crippen LogP contribution in [0, 0.1) is 0 Å². The summed E-state index contributed by atoms with van der Waals surface area (Å²) in [5.41, 5.74) is 4.40. The summed E-state index contributed by atoms with van der Waals surface area (Å²) in [6.45, 7) is 1.74. The van der Waals surface area contributed by atoms with E-state index in [1.54, 1.807) is 11.6 Å². The highest BCUT2D eigenvalue weighted by Crippen LogP contribution is 2.26. The molecule has 0 amide bonds. The number of imidazole rings is 1. The molecule has 0 unspecified atom stereocenters. The van der Waals surface area contributed by atoms with E-state index in [0.717, 1.165) is 47.4 Å². The molecule has 4 aromatic rings. The van der Waals surface area contributed by atoms with Gasteiger partial charge in [-0.3, -0.25) is 9.13 Å². The molecule has 1 N–H and O–H groups in total. The molecular formula is C18H18N6O. The average Bonchev–Trinajstić information content (AvgIpc) is 3.35. The molecule has 1 aliphatic heterocycles. The van der Waals surface area contributed by atoms with Gasteiger partial charge in [-0.1, -0.05) is 6.07 Å². The van der Waals surface area contributed by atoms with Gasteiger partial charge >= 0.3 is 5.69 Å². The predicted molar refractivity (Wildman–Crippen MR) is 95.7 cm³/mol. The van der Waals surface area contributed by atoms with E-state index >= 15 is 0 Å². The fourth-order valence-corrected chi connectivity index (χ4v) is 3.71. The zero-order chi connectivity index (χ0) is 17.0. The quantitative estimate of drug-likeness (QED) is 0.604. The summed E-state index contributed by atoms with van der Waals surface area (Å²) in [5.74, 6) is 0. The third-order valence-electron chi connectivity index (χ3n) is 5.04. The lowest BCUT2D eigenvalue weighted by molar-refractivity contribution is 0.532. The number of nitrogens with zero attached hydrogens (tertiary/aromatic N) is 5. The maximum absolute atomic E-state index is 12.7. The second-order valence-corrected chi connectivity index (χ2v) is 6.49. The highest BCUT2D eigenvalue weighted by Gasteiger charge is 2.23. The zero-order valence-electron chi connectivity index (χ0n) is 13.9. The molecule has 1 aliphatic rings. The molecule has 0 spiro atoms. The minimum absolute atomic E-state index is 0.00628. The Morgan fingerprint density at radius 1 is 1.20 bits per heavy atom. The molecule has 1 saturated heterocycles. The summed E-state index contributed by atoms with van der Waals surface area (Å²) in [7, 11) is 1.81. The van der Waals surface area contributed by atoms with Crippen molar-refractivity contribution in [3.8, 4) is 11.3 Å². The molecule has 5 rings (SSSR count). The number of aryl methyl sites for hydroxylation is 1. The van der Waals surface area contributed by atoms with Crippen LogP contribution in [0.3, 0.4) is 0 Å². The van der Waals surface area contributed by atoms with Crippen LogP contribution >= 0.6 is 0 Å². The van der Waals surface area contributed by atoms with Gasteiger partial charge in [0.05, 0.1) is 29.0 Å². The van der Waals surface area contributed by atoms with Crippen molar-refractivity contribution in [2.45, 2.75) is 12.5 Å². The Bertz CT molecular complexity index is 1150. The number of rotatable bonds is 2. The largest absolute Gasteiger partial charge is 0.330 e. The Labute approximate surface area is 143 Å². The van der Waals surface area contributed by atoms with Crippen LogP contribution in [-0.2, 0) is 7.05 Å². The third kappa shape index (κ3) is 2.05. The molecule has 25 heavy (non-hydrogen) atoms. The lowest BCUT2D eigenvalue weighted by atomic mass is 10.2. The van der Waals surface area contributed by atoms with Gasteiger partial charge in [0.2, 0.25) is 0 Å². The standard InChI is InChI=1S/C18H18N6O/c1-22-16-6-5-14(13-11-20-23-9-3-2-4-15(13)23)21-17(16)24(18(22)25)12-7-8-19-10-12/h2-6,9,11-12,19H,7-8,10H2,1H3/t12-/m0/s1. The van der Waals surface area contributed by atoms with E-state index in [1.165, 1.54) is 0 Å². The van der Waals surface area contributed by atoms with Gasteiger partial charge in [0.1, 0.15) is 0 Å². The van der Waals surface area contributed by atoms with Gasteiger partial charge in [0.15, 0.2) is 5.65 Å². The molecule has 7 heteroatoms. The molecule has 0 bridgehead atoms. The Kier molecular flexibility index (Phi) is 3.05. The smallest absolute Gasteiger partial charge is 0.315 e. The van der Waals surface area contributed by atoms with Gasteiger partial charge in [-0.05, 0) is 37.2 Å². The van der Waals surface area contributed by atoms with E-state index in [1.807, 2.05) is 51.8 Å². The minimum Gasteiger partial charge on any atom is -0.315 e. The first-order chi connectivity index (χ1) is 12.2. The monoisotopic (exact) mass is 334 g/mol. The van der Waals surface area contributed by atoms with Gasteiger partial charge in [-0.25, -0.2) is 14.3 Å². The molecular weight excluding hydrogens is 316 g/mol. The first-order valence-corrected chi connectivity index (χ1v) is 8.45. The highest BCUT2D eigenvalue weighted by molar-refractivity contribution is 5.82. The Balaban J connectivity index is 1.76. The Hall–Kier alpha value is -2.93. The molecule has 4 aromatic heterocycles. The van der Waals surface area contributed by atoms with Crippen molar-refractivity contribution in [1.29, 1.82) is 0 Å². The minimum atomic E-state index is -0.00628. The maximum atomic E-state index is 12.7. The van der Waals surface area contributed by atoms with Gasteiger partial charge in [-0.2, -0.15) is 5.10 Å². The first kappa shape index (κ1) is 14.4. The van der Waals surface area contributed by atoms with Crippen LogP contribution < -0.4 is 11.0 Å². The van der Waals surface area contributed by atoms with Crippen LogP contribution in [0.5, 0.6) is 0 Å². The fourth-order valence-electron chi connectivity index (χ4n) is 3.71. The predicted octanol–water partition coefficient (Wildman–Crippen LogP) is 1.58. The molecule has 0 aliphatic carbocycles. The van der Waals surface area contributed by atoms with Crippen LogP contribution in [-0.4, -0.2) is 36.8 Å². The molecule has 5 heterocycles. The number of aromatic nitrogens is 5. The van der Waals surface area contributed by atoms with Crippen LogP contribution in [0.1, 0.15) is 12.5 Å². The summed E-state index contributed by atoms with van der Waals surface area (Å²) >= 11 is 0. The van der Waals surface area contributed by atoms with Crippen molar-refractivity contribution in [1.82, 2.24) is 29.0 Å². The van der Waals surface area contributed by atoms with Crippen molar-refractivity contribution in [2.75, 3.05) is 13.1 Å². The second-order valence-electron chi connectivity index (χ2n) is 6.49. The first-order valence-electron chi connectivity index (χ1n) is 8.45. The van der Waals surface area contributed by atoms with E-state index in [-0.39, 0.29) is 11.7 Å².